The molecule has 25 heavy (non-hydrogen) atoms. The smallest absolute Gasteiger partial charge is 0.245 e. The quantitative estimate of drug-likeness (QED) is 0.829. The Labute approximate surface area is 154 Å². The minimum Gasteiger partial charge on any atom is -0.368 e. The summed E-state index contributed by atoms with van der Waals surface area (Å²) in [6.45, 7) is 7.50. The van der Waals surface area contributed by atoms with Gasteiger partial charge in [0.1, 0.15) is 6.04 Å². The zero-order chi connectivity index (χ0) is 18.0. The molecule has 2 fully saturated rings. The molecule has 2 aliphatic rings. The topological polar surface area (TPSA) is 43.9 Å². The van der Waals surface area contributed by atoms with Gasteiger partial charge >= 0.3 is 0 Å². The first kappa shape index (κ1) is 18.1. The van der Waals surface area contributed by atoms with E-state index in [0.29, 0.717) is 19.6 Å². The molecule has 0 saturated carbocycles. The van der Waals surface area contributed by atoms with Crippen molar-refractivity contribution in [3.05, 3.63) is 29.3 Å². The third-order valence-corrected chi connectivity index (χ3v) is 5.35. The van der Waals surface area contributed by atoms with Gasteiger partial charge in [0.25, 0.3) is 0 Å². The number of rotatable bonds is 3. The number of amides is 2. The number of carbonyl (C=O) groups excluding carboxylic acids is 2. The number of hydrogen-bond donors (Lipinski definition) is 0. The third kappa shape index (κ3) is 3.92. The second-order valence-electron chi connectivity index (χ2n) is 7.13. The van der Waals surface area contributed by atoms with E-state index in [-0.39, 0.29) is 23.8 Å². The highest BCUT2D eigenvalue weighted by Gasteiger charge is 2.37. The molecule has 2 heterocycles. The van der Waals surface area contributed by atoms with E-state index in [1.807, 2.05) is 43.0 Å². The fraction of sp³-hybridized carbons (Fsp3) is 0.579. The normalized spacial score (nSPS) is 21.1. The molecule has 0 N–H and O–H groups in total. The minimum atomic E-state index is -0.267. The van der Waals surface area contributed by atoms with Gasteiger partial charge in [-0.05, 0) is 37.1 Å². The lowest BCUT2D eigenvalue weighted by Crippen LogP contribution is -2.54. The van der Waals surface area contributed by atoms with Gasteiger partial charge in [0.15, 0.2) is 0 Å². The highest BCUT2D eigenvalue weighted by molar-refractivity contribution is 6.30. The predicted molar refractivity (Wildman–Crippen MR) is 99.8 cm³/mol. The van der Waals surface area contributed by atoms with Gasteiger partial charge in [0, 0.05) is 49.4 Å². The maximum atomic E-state index is 12.9. The Balaban J connectivity index is 1.59. The van der Waals surface area contributed by atoms with Crippen molar-refractivity contribution in [1.29, 1.82) is 0 Å². The maximum Gasteiger partial charge on any atom is 0.245 e. The minimum absolute atomic E-state index is 0.0600. The fourth-order valence-electron chi connectivity index (χ4n) is 3.67. The van der Waals surface area contributed by atoms with Gasteiger partial charge in [-0.15, -0.1) is 0 Å². The van der Waals surface area contributed by atoms with Gasteiger partial charge in [-0.2, -0.15) is 0 Å². The molecule has 1 aromatic rings. The lowest BCUT2D eigenvalue weighted by Gasteiger charge is -2.38. The van der Waals surface area contributed by atoms with Crippen LogP contribution in [0.25, 0.3) is 0 Å². The third-order valence-electron chi connectivity index (χ3n) is 5.10. The van der Waals surface area contributed by atoms with Crippen molar-refractivity contribution in [1.82, 2.24) is 9.80 Å². The maximum absolute atomic E-state index is 12.9. The Morgan fingerprint density at radius 2 is 1.68 bits per heavy atom. The van der Waals surface area contributed by atoms with Crippen LogP contribution in [0.15, 0.2) is 24.3 Å². The Morgan fingerprint density at radius 1 is 1.04 bits per heavy atom. The molecule has 2 saturated heterocycles. The average Bonchev–Trinajstić information content (AvgIpc) is 3.10. The van der Waals surface area contributed by atoms with Crippen LogP contribution in [0.3, 0.4) is 0 Å². The van der Waals surface area contributed by atoms with Crippen molar-refractivity contribution in [2.45, 2.75) is 32.7 Å². The molecule has 136 valence electrons. The van der Waals surface area contributed by atoms with Gasteiger partial charge in [0.05, 0.1) is 0 Å². The number of likely N-dealkylation sites (tertiary alicyclic amines) is 1. The first-order valence-electron chi connectivity index (χ1n) is 9.07. The molecule has 1 atom stereocenters. The van der Waals surface area contributed by atoms with Gasteiger partial charge in [-0.25, -0.2) is 0 Å². The number of anilines is 1. The molecular weight excluding hydrogens is 338 g/mol. The molecule has 0 aromatic heterocycles. The van der Waals surface area contributed by atoms with E-state index in [4.69, 9.17) is 11.6 Å². The van der Waals surface area contributed by atoms with Crippen molar-refractivity contribution >= 4 is 29.1 Å². The van der Waals surface area contributed by atoms with E-state index in [1.165, 1.54) is 0 Å². The van der Waals surface area contributed by atoms with E-state index in [1.54, 1.807) is 4.90 Å². The van der Waals surface area contributed by atoms with Crippen LogP contribution >= 0.6 is 11.6 Å². The van der Waals surface area contributed by atoms with Crippen molar-refractivity contribution < 1.29 is 9.59 Å². The predicted octanol–water partition coefficient (Wildman–Crippen LogP) is 2.64. The van der Waals surface area contributed by atoms with Crippen molar-refractivity contribution in [2.24, 2.45) is 5.92 Å². The molecule has 3 rings (SSSR count). The van der Waals surface area contributed by atoms with Crippen molar-refractivity contribution in [3.8, 4) is 0 Å². The SMILES string of the molecule is CC(C)C(=O)N1CCCC1C(=O)N1CCN(c2ccc(Cl)cc2)CC1. The molecule has 2 amide bonds. The summed E-state index contributed by atoms with van der Waals surface area (Å²) in [6.07, 6.45) is 1.70. The molecule has 0 bridgehead atoms. The number of halogens is 1. The van der Waals surface area contributed by atoms with Crippen LogP contribution in [0.4, 0.5) is 5.69 Å². The number of nitrogens with zero attached hydrogens (tertiary/aromatic N) is 3. The highest BCUT2D eigenvalue weighted by atomic mass is 35.5. The monoisotopic (exact) mass is 363 g/mol. The van der Waals surface area contributed by atoms with Crippen LogP contribution in [0, 0.1) is 5.92 Å². The zero-order valence-corrected chi connectivity index (χ0v) is 15.7. The summed E-state index contributed by atoms with van der Waals surface area (Å²) in [5.41, 5.74) is 1.13. The van der Waals surface area contributed by atoms with Gasteiger partial charge in [-0.3, -0.25) is 9.59 Å². The zero-order valence-electron chi connectivity index (χ0n) is 14.9. The summed E-state index contributed by atoms with van der Waals surface area (Å²) in [5, 5.41) is 0.730. The summed E-state index contributed by atoms with van der Waals surface area (Å²) >= 11 is 5.95. The number of carbonyl (C=O) groups is 2. The average molecular weight is 364 g/mol. The fourth-order valence-corrected chi connectivity index (χ4v) is 3.79. The number of hydrogen-bond acceptors (Lipinski definition) is 3. The van der Waals surface area contributed by atoms with Crippen molar-refractivity contribution in [3.63, 3.8) is 0 Å². The summed E-state index contributed by atoms with van der Waals surface area (Å²) < 4.78 is 0. The van der Waals surface area contributed by atoms with Crippen LogP contribution in [-0.2, 0) is 9.59 Å². The molecule has 5 nitrogen and oxygen atoms in total. The van der Waals surface area contributed by atoms with E-state index >= 15 is 0 Å². The summed E-state index contributed by atoms with van der Waals surface area (Å²) in [5.74, 6) is 0.146. The van der Waals surface area contributed by atoms with Gasteiger partial charge in [-0.1, -0.05) is 25.4 Å². The second kappa shape index (κ2) is 7.65. The molecule has 0 aliphatic carbocycles. The number of benzene rings is 1. The Hall–Kier alpha value is -1.75. The number of piperazine rings is 1. The van der Waals surface area contributed by atoms with Crippen LogP contribution in [0.1, 0.15) is 26.7 Å². The molecule has 0 spiro atoms. The van der Waals surface area contributed by atoms with Crippen LogP contribution < -0.4 is 4.90 Å². The molecule has 1 aromatic carbocycles. The first-order valence-corrected chi connectivity index (χ1v) is 9.45. The van der Waals surface area contributed by atoms with Crippen molar-refractivity contribution in [2.75, 3.05) is 37.6 Å². The van der Waals surface area contributed by atoms with Crippen LogP contribution in [-0.4, -0.2) is 60.4 Å². The lowest BCUT2D eigenvalue weighted by atomic mass is 10.1. The Morgan fingerprint density at radius 3 is 2.28 bits per heavy atom. The standard InChI is InChI=1S/C19H26ClN3O2/c1-14(2)18(24)23-9-3-4-17(23)19(25)22-12-10-21(11-13-22)16-7-5-15(20)6-8-16/h5-8,14,17H,3-4,9-13H2,1-2H3. The van der Waals surface area contributed by atoms with Gasteiger partial charge in [0.2, 0.25) is 11.8 Å². The molecular formula is C19H26ClN3O2. The Kier molecular flexibility index (Phi) is 5.52. The van der Waals surface area contributed by atoms with Gasteiger partial charge < -0.3 is 14.7 Å². The lowest BCUT2D eigenvalue weighted by molar-refractivity contribution is -0.145. The van der Waals surface area contributed by atoms with Crippen LogP contribution in [0.2, 0.25) is 5.02 Å². The second-order valence-corrected chi connectivity index (χ2v) is 7.57. The summed E-state index contributed by atoms with van der Waals surface area (Å²) in [7, 11) is 0. The van der Waals surface area contributed by atoms with E-state index < -0.39 is 0 Å². The first-order chi connectivity index (χ1) is 12.0. The molecule has 6 heteroatoms. The van der Waals surface area contributed by atoms with E-state index in [0.717, 1.165) is 36.6 Å². The van der Waals surface area contributed by atoms with Crippen LogP contribution in [0.5, 0.6) is 0 Å². The molecule has 0 radical (unpaired) electrons. The molecule has 2 aliphatic heterocycles. The molecule has 1 unspecified atom stereocenters. The highest BCUT2D eigenvalue weighted by Crippen LogP contribution is 2.24. The van der Waals surface area contributed by atoms with E-state index in [2.05, 4.69) is 4.90 Å². The Bertz CT molecular complexity index is 624. The summed E-state index contributed by atoms with van der Waals surface area (Å²) in [6, 6.07) is 7.54. The summed E-state index contributed by atoms with van der Waals surface area (Å²) in [4.78, 5) is 31.2. The van der Waals surface area contributed by atoms with E-state index in [9.17, 15) is 9.59 Å². The largest absolute Gasteiger partial charge is 0.368 e.